The van der Waals surface area contributed by atoms with Crippen LogP contribution in [0.2, 0.25) is 0 Å². The monoisotopic (exact) mass is 233 g/mol. The number of nitrogens with one attached hydrogen (secondary N) is 1. The second kappa shape index (κ2) is 5.54. The van der Waals surface area contributed by atoms with Gasteiger partial charge in [-0.15, -0.1) is 0 Å². The highest BCUT2D eigenvalue weighted by atomic mass is 16.5. The van der Waals surface area contributed by atoms with E-state index in [0.717, 1.165) is 24.8 Å². The Kier molecular flexibility index (Phi) is 4.06. The van der Waals surface area contributed by atoms with Gasteiger partial charge in [0.2, 0.25) is 0 Å². The minimum absolute atomic E-state index is 0.649. The molecule has 2 heteroatoms. The average molecular weight is 233 g/mol. The molecule has 94 valence electrons. The summed E-state index contributed by atoms with van der Waals surface area (Å²) in [5.74, 6) is 2.44. The Bertz CT molecular complexity index is 375. The number of aryl methyl sites for hydroxylation is 1. The molecule has 2 atom stereocenters. The Labute approximate surface area is 104 Å². The van der Waals surface area contributed by atoms with Crippen LogP contribution in [-0.4, -0.2) is 20.2 Å². The lowest BCUT2D eigenvalue weighted by atomic mass is 9.79. The fourth-order valence-corrected chi connectivity index (χ4v) is 2.90. The highest BCUT2D eigenvalue weighted by Gasteiger charge is 2.27. The maximum absolute atomic E-state index is 5.53. The first kappa shape index (κ1) is 12.4. The van der Waals surface area contributed by atoms with Crippen LogP contribution in [0.1, 0.15) is 36.8 Å². The third-order valence-electron chi connectivity index (χ3n) is 3.92. The minimum Gasteiger partial charge on any atom is -0.496 e. The van der Waals surface area contributed by atoms with Crippen LogP contribution in [0.3, 0.4) is 0 Å². The van der Waals surface area contributed by atoms with E-state index in [1.54, 1.807) is 7.11 Å². The molecule has 1 heterocycles. The molecule has 2 nitrogen and oxygen atoms in total. The van der Waals surface area contributed by atoms with E-state index in [9.17, 15) is 0 Å². The standard InChI is InChI=1S/C15H23NO/c1-4-12-10-16-8-7-13(12)14-9-11(2)5-6-15(14)17-3/h5-6,9,12-13,16H,4,7-8,10H2,1-3H3. The molecule has 0 amide bonds. The van der Waals surface area contributed by atoms with Crippen molar-refractivity contribution in [3.8, 4) is 5.75 Å². The lowest BCUT2D eigenvalue weighted by molar-refractivity contribution is 0.307. The number of benzene rings is 1. The topological polar surface area (TPSA) is 21.3 Å². The summed E-state index contributed by atoms with van der Waals surface area (Å²) in [5.41, 5.74) is 2.73. The fraction of sp³-hybridized carbons (Fsp3) is 0.600. The van der Waals surface area contributed by atoms with Crippen LogP contribution in [0.15, 0.2) is 18.2 Å². The van der Waals surface area contributed by atoms with Crippen molar-refractivity contribution in [2.75, 3.05) is 20.2 Å². The minimum atomic E-state index is 0.649. The summed E-state index contributed by atoms with van der Waals surface area (Å²) in [6.07, 6.45) is 2.45. The molecule has 1 aromatic carbocycles. The maximum Gasteiger partial charge on any atom is 0.122 e. The third kappa shape index (κ3) is 2.63. The van der Waals surface area contributed by atoms with Crippen LogP contribution < -0.4 is 10.1 Å². The molecule has 1 N–H and O–H groups in total. The Morgan fingerprint density at radius 1 is 1.41 bits per heavy atom. The Balaban J connectivity index is 2.33. The summed E-state index contributed by atoms with van der Waals surface area (Å²) in [7, 11) is 1.77. The van der Waals surface area contributed by atoms with Crippen molar-refractivity contribution in [2.24, 2.45) is 5.92 Å². The quantitative estimate of drug-likeness (QED) is 0.866. The third-order valence-corrected chi connectivity index (χ3v) is 3.92. The van der Waals surface area contributed by atoms with Gasteiger partial charge in [0.25, 0.3) is 0 Å². The Morgan fingerprint density at radius 2 is 2.24 bits per heavy atom. The lowest BCUT2D eigenvalue weighted by Gasteiger charge is -2.32. The molecule has 0 aromatic heterocycles. The fourth-order valence-electron chi connectivity index (χ4n) is 2.90. The van der Waals surface area contributed by atoms with Crippen molar-refractivity contribution < 1.29 is 4.74 Å². The molecular formula is C15H23NO. The smallest absolute Gasteiger partial charge is 0.122 e. The number of ether oxygens (including phenoxy) is 1. The summed E-state index contributed by atoms with van der Waals surface area (Å²) in [4.78, 5) is 0. The molecule has 1 fully saturated rings. The summed E-state index contributed by atoms with van der Waals surface area (Å²) in [6, 6.07) is 6.54. The lowest BCUT2D eigenvalue weighted by Crippen LogP contribution is -2.35. The second-order valence-electron chi connectivity index (χ2n) is 5.01. The van der Waals surface area contributed by atoms with Crippen LogP contribution in [-0.2, 0) is 0 Å². The predicted octanol–water partition coefficient (Wildman–Crippen LogP) is 3.11. The van der Waals surface area contributed by atoms with Gasteiger partial charge in [-0.3, -0.25) is 0 Å². The van der Waals surface area contributed by atoms with Gasteiger partial charge in [0.1, 0.15) is 5.75 Å². The molecule has 17 heavy (non-hydrogen) atoms. The first-order chi connectivity index (χ1) is 8.26. The van der Waals surface area contributed by atoms with Crippen molar-refractivity contribution in [1.82, 2.24) is 5.32 Å². The molecule has 2 unspecified atom stereocenters. The van der Waals surface area contributed by atoms with Gasteiger partial charge in [-0.1, -0.05) is 31.0 Å². The van der Waals surface area contributed by atoms with Crippen LogP contribution in [0.5, 0.6) is 5.75 Å². The summed E-state index contributed by atoms with van der Waals surface area (Å²) < 4.78 is 5.53. The number of rotatable bonds is 3. The second-order valence-corrected chi connectivity index (χ2v) is 5.01. The molecule has 1 saturated heterocycles. The van der Waals surface area contributed by atoms with Gasteiger partial charge in [-0.2, -0.15) is 0 Å². The Morgan fingerprint density at radius 3 is 2.94 bits per heavy atom. The molecule has 0 saturated carbocycles. The molecular weight excluding hydrogens is 210 g/mol. The highest BCUT2D eigenvalue weighted by Crippen LogP contribution is 2.37. The van der Waals surface area contributed by atoms with Crippen molar-refractivity contribution in [1.29, 1.82) is 0 Å². The van der Waals surface area contributed by atoms with Gasteiger partial charge in [0, 0.05) is 0 Å². The average Bonchev–Trinajstić information content (AvgIpc) is 2.38. The molecule has 1 aromatic rings. The van der Waals surface area contributed by atoms with E-state index in [1.807, 2.05) is 0 Å². The first-order valence-electron chi connectivity index (χ1n) is 6.61. The van der Waals surface area contributed by atoms with E-state index in [2.05, 4.69) is 37.4 Å². The molecule has 0 spiro atoms. The first-order valence-corrected chi connectivity index (χ1v) is 6.61. The van der Waals surface area contributed by atoms with Crippen molar-refractivity contribution in [2.45, 2.75) is 32.6 Å². The van der Waals surface area contributed by atoms with E-state index in [-0.39, 0.29) is 0 Å². The van der Waals surface area contributed by atoms with Crippen LogP contribution in [0.4, 0.5) is 0 Å². The number of methoxy groups -OCH3 is 1. The summed E-state index contributed by atoms with van der Waals surface area (Å²) in [5, 5.41) is 3.50. The van der Waals surface area contributed by atoms with Crippen molar-refractivity contribution in [3.05, 3.63) is 29.3 Å². The molecule has 0 radical (unpaired) electrons. The summed E-state index contributed by atoms with van der Waals surface area (Å²) in [6.45, 7) is 6.70. The van der Waals surface area contributed by atoms with Crippen LogP contribution in [0.25, 0.3) is 0 Å². The van der Waals surface area contributed by atoms with Gasteiger partial charge < -0.3 is 10.1 Å². The van der Waals surface area contributed by atoms with E-state index in [4.69, 9.17) is 4.74 Å². The molecule has 1 aliphatic heterocycles. The zero-order valence-electron chi connectivity index (χ0n) is 11.1. The molecule has 2 rings (SSSR count). The predicted molar refractivity (Wildman–Crippen MR) is 71.7 cm³/mol. The van der Waals surface area contributed by atoms with Crippen LogP contribution in [0, 0.1) is 12.8 Å². The van der Waals surface area contributed by atoms with Gasteiger partial charge in [0.15, 0.2) is 0 Å². The molecule has 0 bridgehead atoms. The van der Waals surface area contributed by atoms with E-state index < -0.39 is 0 Å². The molecule has 0 aliphatic carbocycles. The van der Waals surface area contributed by atoms with E-state index in [1.165, 1.54) is 24.0 Å². The van der Waals surface area contributed by atoms with Crippen molar-refractivity contribution >= 4 is 0 Å². The largest absolute Gasteiger partial charge is 0.496 e. The normalized spacial score (nSPS) is 24.6. The zero-order chi connectivity index (χ0) is 12.3. The number of piperidine rings is 1. The van der Waals surface area contributed by atoms with Crippen molar-refractivity contribution in [3.63, 3.8) is 0 Å². The van der Waals surface area contributed by atoms with Gasteiger partial charge in [-0.25, -0.2) is 0 Å². The van der Waals surface area contributed by atoms with Gasteiger partial charge in [0.05, 0.1) is 7.11 Å². The maximum atomic E-state index is 5.53. The number of hydrogen-bond acceptors (Lipinski definition) is 2. The van der Waals surface area contributed by atoms with Gasteiger partial charge >= 0.3 is 0 Å². The van der Waals surface area contributed by atoms with E-state index >= 15 is 0 Å². The highest BCUT2D eigenvalue weighted by molar-refractivity contribution is 5.40. The van der Waals surface area contributed by atoms with Crippen LogP contribution >= 0.6 is 0 Å². The SMILES string of the molecule is CCC1CNCCC1c1cc(C)ccc1OC. The Hall–Kier alpha value is -1.02. The van der Waals surface area contributed by atoms with E-state index in [0.29, 0.717) is 5.92 Å². The molecule has 1 aliphatic rings. The summed E-state index contributed by atoms with van der Waals surface area (Å²) >= 11 is 0. The number of hydrogen-bond donors (Lipinski definition) is 1. The van der Waals surface area contributed by atoms with Gasteiger partial charge in [-0.05, 0) is 49.9 Å². The zero-order valence-corrected chi connectivity index (χ0v) is 11.1.